The molecule has 5 nitrogen and oxygen atoms in total. The second kappa shape index (κ2) is 9.56. The Hall–Kier alpha value is -2.14. The van der Waals surface area contributed by atoms with Gasteiger partial charge in [0.05, 0.1) is 24.2 Å². The number of hydrogen-bond acceptors (Lipinski definition) is 5. The molecule has 1 aliphatic heterocycles. The number of hydrogen-bond donors (Lipinski definition) is 1. The van der Waals surface area contributed by atoms with Crippen molar-refractivity contribution in [3.05, 3.63) is 45.8 Å². The van der Waals surface area contributed by atoms with Crippen LogP contribution in [0, 0.1) is 5.41 Å². The molecular weight excluding hydrogens is 392 g/mol. The number of allylic oxidation sites excluding steroid dienone is 6. The van der Waals surface area contributed by atoms with Gasteiger partial charge < -0.3 is 14.6 Å². The van der Waals surface area contributed by atoms with Gasteiger partial charge in [0, 0.05) is 5.57 Å². The minimum Gasteiger partial charge on any atom is -0.507 e. The predicted molar refractivity (Wildman–Crippen MR) is 123 cm³/mol. The molecule has 0 radical (unpaired) electrons. The summed E-state index contributed by atoms with van der Waals surface area (Å²) < 4.78 is 10.5. The molecule has 1 N–H and O–H groups in total. The maximum absolute atomic E-state index is 13.0. The standard InChI is InChI=1S/C26H38O5/c1-16(12-13-20-25(5,6)31-20)10-9-11-17(2)14-15-26(7)19(4)21(24(29)30-8)22(27)18(3)23(26)28/h10,14,20,27H,9,11-13,15H2,1-8H3/b16-10+,17-14+/t20-,26-/m1/s1. The average Bonchev–Trinajstić information content (AvgIpc) is 3.34. The third kappa shape index (κ3) is 5.57. The van der Waals surface area contributed by atoms with E-state index in [1.54, 1.807) is 13.8 Å². The van der Waals surface area contributed by atoms with Gasteiger partial charge in [-0.25, -0.2) is 4.79 Å². The smallest absolute Gasteiger partial charge is 0.341 e. The molecule has 1 aliphatic carbocycles. The van der Waals surface area contributed by atoms with Crippen molar-refractivity contribution in [2.75, 3.05) is 7.11 Å². The first kappa shape index (κ1) is 25.1. The Balaban J connectivity index is 2.00. The SMILES string of the molecule is COC(=O)C1=C(C)[C@@](C)(C/C=C(\C)CC/C=C(\C)CC[C@H]2OC2(C)C)C(=O)C(C)=C1O. The van der Waals surface area contributed by atoms with Crippen LogP contribution in [0.15, 0.2) is 45.8 Å². The number of aliphatic hydroxyl groups excluding tert-OH is 1. The van der Waals surface area contributed by atoms with Crippen molar-refractivity contribution in [2.45, 2.75) is 92.3 Å². The second-order valence-electron chi connectivity index (χ2n) is 9.72. The summed E-state index contributed by atoms with van der Waals surface area (Å²) in [4.78, 5) is 25.2. The van der Waals surface area contributed by atoms with Crippen LogP contribution in [0.4, 0.5) is 0 Å². The Morgan fingerprint density at radius 2 is 1.71 bits per heavy atom. The Bertz CT molecular complexity index is 868. The number of ketones is 1. The molecule has 1 heterocycles. The number of rotatable bonds is 9. The Kier molecular flexibility index (Phi) is 7.75. The lowest BCUT2D eigenvalue weighted by molar-refractivity contribution is -0.136. The van der Waals surface area contributed by atoms with Gasteiger partial charge in [-0.3, -0.25) is 4.79 Å². The normalized spacial score (nSPS) is 26.5. The van der Waals surface area contributed by atoms with E-state index in [0.717, 1.165) is 25.7 Å². The van der Waals surface area contributed by atoms with E-state index >= 15 is 0 Å². The maximum atomic E-state index is 13.0. The number of carbonyl (C=O) groups is 2. The highest BCUT2D eigenvalue weighted by atomic mass is 16.6. The van der Waals surface area contributed by atoms with Crippen molar-refractivity contribution < 1.29 is 24.2 Å². The van der Waals surface area contributed by atoms with Gasteiger partial charge in [0.25, 0.3) is 0 Å². The minimum atomic E-state index is -0.871. The minimum absolute atomic E-state index is 0.0525. The lowest BCUT2D eigenvalue weighted by atomic mass is 9.68. The van der Waals surface area contributed by atoms with Crippen LogP contribution in [0.3, 0.4) is 0 Å². The maximum Gasteiger partial charge on any atom is 0.341 e. The number of carbonyl (C=O) groups excluding carboxylic acids is 2. The molecule has 0 bridgehead atoms. The molecule has 0 amide bonds. The van der Waals surface area contributed by atoms with Crippen molar-refractivity contribution in [1.82, 2.24) is 0 Å². The van der Waals surface area contributed by atoms with Crippen LogP contribution >= 0.6 is 0 Å². The van der Waals surface area contributed by atoms with Gasteiger partial charge in [-0.05, 0) is 86.1 Å². The quantitative estimate of drug-likeness (QED) is 0.279. The summed E-state index contributed by atoms with van der Waals surface area (Å²) in [5.74, 6) is -1.04. The molecule has 0 spiro atoms. The van der Waals surface area contributed by atoms with Crippen molar-refractivity contribution in [2.24, 2.45) is 5.41 Å². The summed E-state index contributed by atoms with van der Waals surface area (Å²) in [6, 6.07) is 0. The predicted octanol–water partition coefficient (Wildman–Crippen LogP) is 5.92. The summed E-state index contributed by atoms with van der Waals surface area (Å²) in [6.45, 7) is 13.6. The van der Waals surface area contributed by atoms with Crippen LogP contribution < -0.4 is 0 Å². The van der Waals surface area contributed by atoms with E-state index in [1.165, 1.54) is 18.3 Å². The molecule has 0 aromatic heterocycles. The molecule has 2 atom stereocenters. The van der Waals surface area contributed by atoms with Gasteiger partial charge in [-0.1, -0.05) is 23.3 Å². The van der Waals surface area contributed by atoms with E-state index in [-0.39, 0.29) is 28.3 Å². The lowest BCUT2D eigenvalue weighted by Gasteiger charge is -2.34. The number of Topliss-reactive ketones (excluding diaryl/α,β-unsaturated/α-hetero) is 1. The molecule has 1 saturated heterocycles. The third-order valence-electron chi connectivity index (χ3n) is 6.88. The molecule has 0 aromatic rings. The van der Waals surface area contributed by atoms with Gasteiger partial charge in [0.15, 0.2) is 5.78 Å². The van der Waals surface area contributed by atoms with Crippen molar-refractivity contribution >= 4 is 11.8 Å². The molecule has 0 aromatic carbocycles. The van der Waals surface area contributed by atoms with Crippen LogP contribution in [-0.4, -0.2) is 35.7 Å². The van der Waals surface area contributed by atoms with Crippen LogP contribution in [0.25, 0.3) is 0 Å². The van der Waals surface area contributed by atoms with Gasteiger partial charge in [0.2, 0.25) is 0 Å². The molecule has 172 valence electrons. The van der Waals surface area contributed by atoms with Gasteiger partial charge >= 0.3 is 5.97 Å². The summed E-state index contributed by atoms with van der Waals surface area (Å²) in [6.07, 6.45) is 9.22. The number of ether oxygens (including phenoxy) is 2. The molecule has 2 rings (SSSR count). The average molecular weight is 431 g/mol. The fourth-order valence-electron chi connectivity index (χ4n) is 4.16. The number of epoxide rings is 1. The molecule has 0 saturated carbocycles. The highest BCUT2D eigenvalue weighted by Crippen LogP contribution is 2.43. The first-order valence-corrected chi connectivity index (χ1v) is 11.1. The van der Waals surface area contributed by atoms with Gasteiger partial charge in [-0.15, -0.1) is 0 Å². The highest BCUT2D eigenvalue weighted by molar-refractivity contribution is 6.08. The van der Waals surface area contributed by atoms with E-state index in [0.29, 0.717) is 18.1 Å². The van der Waals surface area contributed by atoms with Crippen LogP contribution in [0.5, 0.6) is 0 Å². The Labute approximate surface area is 186 Å². The largest absolute Gasteiger partial charge is 0.507 e. The summed E-state index contributed by atoms with van der Waals surface area (Å²) in [7, 11) is 1.27. The third-order valence-corrected chi connectivity index (χ3v) is 6.88. The zero-order valence-corrected chi connectivity index (χ0v) is 20.3. The van der Waals surface area contributed by atoms with Gasteiger partial charge in [0.1, 0.15) is 11.3 Å². The fraction of sp³-hybridized carbons (Fsp3) is 0.615. The second-order valence-corrected chi connectivity index (χ2v) is 9.72. The number of esters is 1. The van der Waals surface area contributed by atoms with E-state index in [4.69, 9.17) is 9.47 Å². The van der Waals surface area contributed by atoms with Gasteiger partial charge in [-0.2, -0.15) is 0 Å². The Morgan fingerprint density at radius 3 is 2.26 bits per heavy atom. The monoisotopic (exact) mass is 430 g/mol. The molecule has 1 fully saturated rings. The molecule has 2 aliphatic rings. The first-order chi connectivity index (χ1) is 14.3. The first-order valence-electron chi connectivity index (χ1n) is 11.1. The van der Waals surface area contributed by atoms with E-state index in [9.17, 15) is 14.7 Å². The fourth-order valence-corrected chi connectivity index (χ4v) is 4.16. The van der Waals surface area contributed by atoms with E-state index in [2.05, 4.69) is 39.8 Å². The Morgan fingerprint density at radius 1 is 1.13 bits per heavy atom. The number of aliphatic hydroxyl groups is 1. The van der Waals surface area contributed by atoms with Crippen molar-refractivity contribution in [3.63, 3.8) is 0 Å². The van der Waals surface area contributed by atoms with Crippen LogP contribution in [0.1, 0.15) is 80.6 Å². The topological polar surface area (TPSA) is 76.1 Å². The summed E-state index contributed by atoms with van der Waals surface area (Å²) in [5, 5.41) is 10.3. The number of methoxy groups -OCH3 is 1. The van der Waals surface area contributed by atoms with E-state index in [1.807, 2.05) is 6.92 Å². The molecule has 31 heavy (non-hydrogen) atoms. The molecule has 0 unspecified atom stereocenters. The van der Waals surface area contributed by atoms with Crippen LogP contribution in [0.2, 0.25) is 0 Å². The molecular formula is C26H38O5. The zero-order chi connectivity index (χ0) is 23.6. The zero-order valence-electron chi connectivity index (χ0n) is 20.3. The highest BCUT2D eigenvalue weighted by Gasteiger charge is 2.47. The van der Waals surface area contributed by atoms with E-state index < -0.39 is 11.4 Å². The lowest BCUT2D eigenvalue weighted by Crippen LogP contribution is -2.36. The molecule has 5 heteroatoms. The van der Waals surface area contributed by atoms with Crippen molar-refractivity contribution in [3.8, 4) is 0 Å². The summed E-state index contributed by atoms with van der Waals surface area (Å²) in [5.41, 5.74) is 2.63. The van der Waals surface area contributed by atoms with Crippen LogP contribution in [-0.2, 0) is 19.1 Å². The summed E-state index contributed by atoms with van der Waals surface area (Å²) >= 11 is 0. The van der Waals surface area contributed by atoms with Crippen molar-refractivity contribution in [1.29, 1.82) is 0 Å².